The summed E-state index contributed by atoms with van der Waals surface area (Å²) in [6.45, 7) is 3.46. The van der Waals surface area contributed by atoms with Crippen LogP contribution in [0.5, 0.6) is 0 Å². The Morgan fingerprint density at radius 2 is 2.33 bits per heavy atom. The van der Waals surface area contributed by atoms with Gasteiger partial charge in [-0.05, 0) is 25.2 Å². The number of hydrogen-bond donors (Lipinski definition) is 0. The second-order valence-electron chi connectivity index (χ2n) is 5.16. The van der Waals surface area contributed by atoms with Crippen LogP contribution in [0.2, 0.25) is 0 Å². The predicted molar refractivity (Wildman–Crippen MR) is 72.5 cm³/mol. The standard InChI is InChI=1S/C16H16O5/c1-3-4-5-6-7-13-14-15(20-14)16(21-13)9-8-12(10-18-16)19-11(2)17/h7,12,14-15H,8-10H2,1-2H3/t12-,14+,15+,16-/m0/s1. The number of allylic oxidation sites excluding steroid dienone is 1. The summed E-state index contributed by atoms with van der Waals surface area (Å²) >= 11 is 0. The molecule has 0 unspecified atom stereocenters. The van der Waals surface area contributed by atoms with Crippen molar-refractivity contribution in [2.24, 2.45) is 0 Å². The van der Waals surface area contributed by atoms with Crippen LogP contribution in [0.25, 0.3) is 0 Å². The van der Waals surface area contributed by atoms with E-state index in [1.54, 1.807) is 13.0 Å². The van der Waals surface area contributed by atoms with Crippen molar-refractivity contribution >= 4 is 5.97 Å². The molecule has 3 saturated heterocycles. The molecule has 3 rings (SSSR count). The fourth-order valence-corrected chi connectivity index (χ4v) is 2.68. The predicted octanol–water partition coefficient (Wildman–Crippen LogP) is 1.13. The van der Waals surface area contributed by atoms with Crippen LogP contribution in [0.3, 0.4) is 0 Å². The van der Waals surface area contributed by atoms with Gasteiger partial charge in [0.25, 0.3) is 0 Å². The quantitative estimate of drug-likeness (QED) is 0.411. The van der Waals surface area contributed by atoms with Crippen LogP contribution in [-0.2, 0) is 23.7 Å². The molecule has 110 valence electrons. The Labute approximate surface area is 123 Å². The van der Waals surface area contributed by atoms with Crippen molar-refractivity contribution in [3.63, 3.8) is 0 Å². The van der Waals surface area contributed by atoms with E-state index in [9.17, 15) is 4.79 Å². The van der Waals surface area contributed by atoms with Crippen LogP contribution in [0.4, 0.5) is 0 Å². The maximum Gasteiger partial charge on any atom is 0.302 e. The highest BCUT2D eigenvalue weighted by Crippen LogP contribution is 2.52. The molecule has 3 heterocycles. The molecule has 0 aliphatic carbocycles. The van der Waals surface area contributed by atoms with Crippen molar-refractivity contribution in [3.8, 4) is 23.7 Å². The normalized spacial score (nSPS) is 37.6. The van der Waals surface area contributed by atoms with Crippen LogP contribution >= 0.6 is 0 Å². The number of carbonyl (C=O) groups excluding carboxylic acids is 1. The molecule has 0 aromatic heterocycles. The first-order valence-electron chi connectivity index (χ1n) is 6.92. The minimum absolute atomic E-state index is 0.0702. The Balaban J connectivity index is 1.63. The second kappa shape index (κ2) is 5.44. The van der Waals surface area contributed by atoms with Gasteiger partial charge in [-0.2, -0.15) is 0 Å². The Morgan fingerprint density at radius 3 is 3.00 bits per heavy atom. The molecule has 0 N–H and O–H groups in total. The Morgan fingerprint density at radius 1 is 1.48 bits per heavy atom. The first-order valence-corrected chi connectivity index (χ1v) is 6.92. The zero-order valence-corrected chi connectivity index (χ0v) is 12.0. The summed E-state index contributed by atoms with van der Waals surface area (Å²) in [6.07, 6.45) is 2.66. The summed E-state index contributed by atoms with van der Waals surface area (Å²) < 4.78 is 22.5. The zero-order chi connectivity index (χ0) is 14.9. The van der Waals surface area contributed by atoms with E-state index in [0.717, 1.165) is 0 Å². The van der Waals surface area contributed by atoms with Crippen molar-refractivity contribution < 1.29 is 23.7 Å². The fourth-order valence-electron chi connectivity index (χ4n) is 2.68. The third kappa shape index (κ3) is 2.76. The smallest absolute Gasteiger partial charge is 0.302 e. The number of rotatable bonds is 1. The van der Waals surface area contributed by atoms with Crippen molar-refractivity contribution in [1.82, 2.24) is 0 Å². The molecule has 0 amide bonds. The van der Waals surface area contributed by atoms with Crippen molar-refractivity contribution in [2.75, 3.05) is 6.61 Å². The number of ether oxygens (including phenoxy) is 4. The average molecular weight is 288 g/mol. The maximum absolute atomic E-state index is 11.0. The lowest BCUT2D eigenvalue weighted by atomic mass is 10.0. The summed E-state index contributed by atoms with van der Waals surface area (Å²) in [7, 11) is 0. The van der Waals surface area contributed by atoms with E-state index in [1.165, 1.54) is 6.92 Å². The third-order valence-corrected chi connectivity index (χ3v) is 3.63. The lowest BCUT2D eigenvalue weighted by Crippen LogP contribution is -2.46. The van der Waals surface area contributed by atoms with Crippen LogP contribution < -0.4 is 0 Å². The van der Waals surface area contributed by atoms with E-state index in [4.69, 9.17) is 18.9 Å². The van der Waals surface area contributed by atoms with Crippen molar-refractivity contribution in [1.29, 1.82) is 0 Å². The van der Waals surface area contributed by atoms with Crippen molar-refractivity contribution in [3.05, 3.63) is 11.8 Å². The molecular weight excluding hydrogens is 272 g/mol. The van der Waals surface area contributed by atoms with E-state index >= 15 is 0 Å². The minimum Gasteiger partial charge on any atom is -0.460 e. The molecule has 0 radical (unpaired) electrons. The summed E-state index contributed by atoms with van der Waals surface area (Å²) in [5, 5.41) is 0. The number of epoxide rings is 1. The van der Waals surface area contributed by atoms with Gasteiger partial charge in [0.2, 0.25) is 5.79 Å². The van der Waals surface area contributed by atoms with Gasteiger partial charge < -0.3 is 18.9 Å². The summed E-state index contributed by atoms with van der Waals surface area (Å²) in [5.74, 6) is 10.5. The summed E-state index contributed by atoms with van der Waals surface area (Å²) in [5.41, 5.74) is 0. The van der Waals surface area contributed by atoms with Gasteiger partial charge in [-0.3, -0.25) is 4.79 Å². The molecule has 0 aromatic carbocycles. The molecule has 0 aromatic rings. The Hall–Kier alpha value is -1.95. The first-order chi connectivity index (χ1) is 10.1. The molecular formula is C16H16O5. The number of fused-ring (bicyclic) bond motifs is 2. The van der Waals surface area contributed by atoms with E-state index in [0.29, 0.717) is 25.2 Å². The van der Waals surface area contributed by atoms with Gasteiger partial charge in [-0.25, -0.2) is 0 Å². The fraction of sp³-hybridized carbons (Fsp3) is 0.562. The third-order valence-electron chi connectivity index (χ3n) is 3.63. The molecule has 5 nitrogen and oxygen atoms in total. The molecule has 1 spiro atoms. The van der Waals surface area contributed by atoms with Crippen LogP contribution in [0, 0.1) is 23.7 Å². The highest BCUT2D eigenvalue weighted by atomic mass is 16.8. The van der Waals surface area contributed by atoms with Gasteiger partial charge in [0.15, 0.2) is 6.10 Å². The highest BCUT2D eigenvalue weighted by Gasteiger charge is 2.67. The second-order valence-corrected chi connectivity index (χ2v) is 5.16. The SMILES string of the molecule is CC#CC#CC=C1O[C@@]2(CC[C@H](OC(C)=O)CO2)[C@@H]2O[C@H]12. The average Bonchev–Trinajstić information content (AvgIpc) is 3.20. The van der Waals surface area contributed by atoms with Gasteiger partial charge in [0, 0.05) is 19.4 Å². The van der Waals surface area contributed by atoms with E-state index < -0.39 is 5.79 Å². The lowest BCUT2D eigenvalue weighted by molar-refractivity contribution is -0.260. The number of esters is 1. The van der Waals surface area contributed by atoms with Gasteiger partial charge in [-0.15, -0.1) is 0 Å². The molecule has 4 atom stereocenters. The number of hydrogen-bond acceptors (Lipinski definition) is 5. The van der Waals surface area contributed by atoms with Gasteiger partial charge in [0.1, 0.15) is 18.0 Å². The summed E-state index contributed by atoms with van der Waals surface area (Å²) in [4.78, 5) is 11.0. The molecule has 5 heteroatoms. The van der Waals surface area contributed by atoms with Gasteiger partial charge >= 0.3 is 5.97 Å². The van der Waals surface area contributed by atoms with Crippen LogP contribution in [0.15, 0.2) is 11.8 Å². The van der Waals surface area contributed by atoms with E-state index in [1.807, 2.05) is 0 Å². The molecule has 21 heavy (non-hydrogen) atoms. The van der Waals surface area contributed by atoms with Crippen LogP contribution in [0.1, 0.15) is 26.7 Å². The topological polar surface area (TPSA) is 57.3 Å². The molecule has 3 aliphatic heterocycles. The first kappa shape index (κ1) is 14.0. The monoisotopic (exact) mass is 288 g/mol. The zero-order valence-electron chi connectivity index (χ0n) is 12.0. The maximum atomic E-state index is 11.0. The largest absolute Gasteiger partial charge is 0.460 e. The van der Waals surface area contributed by atoms with Crippen LogP contribution in [-0.4, -0.2) is 36.7 Å². The van der Waals surface area contributed by atoms with Crippen molar-refractivity contribution in [2.45, 2.75) is 50.8 Å². The Bertz CT molecular complexity index is 590. The minimum atomic E-state index is -0.745. The highest BCUT2D eigenvalue weighted by molar-refractivity contribution is 5.66. The molecule has 0 saturated carbocycles. The molecule has 3 aliphatic rings. The molecule has 0 bridgehead atoms. The summed E-state index contributed by atoms with van der Waals surface area (Å²) in [6, 6.07) is 0. The van der Waals surface area contributed by atoms with E-state index in [2.05, 4.69) is 23.7 Å². The number of carbonyl (C=O) groups is 1. The Kier molecular flexibility index (Phi) is 3.63. The van der Waals surface area contributed by atoms with E-state index in [-0.39, 0.29) is 24.3 Å². The van der Waals surface area contributed by atoms with Gasteiger partial charge in [0.05, 0.1) is 6.61 Å². The van der Waals surface area contributed by atoms with Gasteiger partial charge in [-0.1, -0.05) is 11.8 Å². The molecule has 3 fully saturated rings. The lowest BCUT2D eigenvalue weighted by Gasteiger charge is -2.36.